The number of ether oxygens (including phenoxy) is 1. The van der Waals surface area contributed by atoms with Gasteiger partial charge in [0.2, 0.25) is 0 Å². The van der Waals surface area contributed by atoms with Crippen molar-refractivity contribution in [2.45, 2.75) is 31.9 Å². The van der Waals surface area contributed by atoms with Gasteiger partial charge >= 0.3 is 0 Å². The third kappa shape index (κ3) is 2.67. The Morgan fingerprint density at radius 3 is 3.37 bits per heavy atom. The van der Waals surface area contributed by atoms with E-state index in [0.717, 1.165) is 36.8 Å². The summed E-state index contributed by atoms with van der Waals surface area (Å²) in [5.74, 6) is 0.771. The number of pyridine rings is 1. The van der Waals surface area contributed by atoms with Gasteiger partial charge < -0.3 is 15.8 Å². The molecule has 5 nitrogen and oxygen atoms in total. The number of morpholine rings is 1. The van der Waals surface area contributed by atoms with Crippen LogP contribution in [0.5, 0.6) is 0 Å². The summed E-state index contributed by atoms with van der Waals surface area (Å²) in [4.78, 5) is 6.83. The lowest BCUT2D eigenvalue weighted by atomic mass is 10.2. The molecule has 2 atom stereocenters. The second kappa shape index (κ2) is 5.35. The highest BCUT2D eigenvalue weighted by Gasteiger charge is 2.32. The lowest BCUT2D eigenvalue weighted by Crippen LogP contribution is -2.48. The highest BCUT2D eigenvalue weighted by molar-refractivity contribution is 5.64. The molecule has 2 unspecified atom stereocenters. The Hall–Kier alpha value is -1.33. The zero-order valence-electron chi connectivity index (χ0n) is 11.4. The van der Waals surface area contributed by atoms with Gasteiger partial charge in [0.1, 0.15) is 5.82 Å². The van der Waals surface area contributed by atoms with E-state index in [9.17, 15) is 0 Å². The van der Waals surface area contributed by atoms with E-state index in [-0.39, 0.29) is 6.10 Å². The number of rotatable bonds is 3. The fraction of sp³-hybridized carbons (Fsp3) is 0.643. The second-order valence-electron chi connectivity index (χ2n) is 5.52. The van der Waals surface area contributed by atoms with Crippen LogP contribution in [-0.2, 0) is 4.74 Å². The number of anilines is 2. The minimum absolute atomic E-state index is 0.232. The highest BCUT2D eigenvalue weighted by atomic mass is 16.5. The fourth-order valence-corrected chi connectivity index (χ4v) is 2.93. The summed E-state index contributed by atoms with van der Waals surface area (Å²) in [6.45, 7) is 5.86. The quantitative estimate of drug-likeness (QED) is 0.858. The van der Waals surface area contributed by atoms with Crippen molar-refractivity contribution in [2.24, 2.45) is 0 Å². The largest absolute Gasteiger partial charge is 0.396 e. The molecule has 0 radical (unpaired) electrons. The van der Waals surface area contributed by atoms with Crippen LogP contribution in [0.15, 0.2) is 12.3 Å². The lowest BCUT2D eigenvalue weighted by molar-refractivity contribution is -0.0415. The number of hydrogen-bond acceptors (Lipinski definition) is 5. The summed E-state index contributed by atoms with van der Waals surface area (Å²) >= 11 is 0. The predicted molar refractivity (Wildman–Crippen MR) is 76.2 cm³/mol. The average molecular weight is 262 g/mol. The Morgan fingerprint density at radius 1 is 1.58 bits per heavy atom. The second-order valence-corrected chi connectivity index (χ2v) is 5.52. The van der Waals surface area contributed by atoms with Crippen molar-refractivity contribution in [3.63, 3.8) is 0 Å². The van der Waals surface area contributed by atoms with Crippen LogP contribution in [0.1, 0.15) is 18.4 Å². The Kier molecular flexibility index (Phi) is 3.57. The van der Waals surface area contributed by atoms with E-state index in [4.69, 9.17) is 10.5 Å². The maximum Gasteiger partial charge on any atom is 0.149 e. The first kappa shape index (κ1) is 12.7. The molecule has 2 saturated heterocycles. The van der Waals surface area contributed by atoms with E-state index in [1.54, 1.807) is 6.20 Å². The molecule has 3 N–H and O–H groups in total. The van der Waals surface area contributed by atoms with Crippen LogP contribution in [0.2, 0.25) is 0 Å². The molecule has 0 aliphatic carbocycles. The number of hydrogen-bond donors (Lipinski definition) is 2. The minimum atomic E-state index is 0.232. The highest BCUT2D eigenvalue weighted by Crippen LogP contribution is 2.23. The van der Waals surface area contributed by atoms with Gasteiger partial charge in [-0.15, -0.1) is 0 Å². The van der Waals surface area contributed by atoms with Crippen LogP contribution in [0.25, 0.3) is 0 Å². The van der Waals surface area contributed by atoms with Crippen LogP contribution in [-0.4, -0.2) is 48.3 Å². The maximum atomic E-state index is 6.01. The van der Waals surface area contributed by atoms with E-state index >= 15 is 0 Å². The zero-order valence-corrected chi connectivity index (χ0v) is 11.4. The van der Waals surface area contributed by atoms with E-state index in [2.05, 4.69) is 15.2 Å². The fourth-order valence-electron chi connectivity index (χ4n) is 2.93. The predicted octanol–water partition coefficient (Wildman–Crippen LogP) is 1.25. The number of fused-ring (bicyclic) bond motifs is 1. The molecule has 1 aromatic heterocycles. The van der Waals surface area contributed by atoms with E-state index in [1.807, 2.05) is 13.0 Å². The first-order chi connectivity index (χ1) is 9.24. The summed E-state index contributed by atoms with van der Waals surface area (Å²) in [5, 5.41) is 3.32. The smallest absolute Gasteiger partial charge is 0.149 e. The van der Waals surface area contributed by atoms with Crippen LogP contribution < -0.4 is 11.1 Å². The van der Waals surface area contributed by atoms with Crippen molar-refractivity contribution in [1.29, 1.82) is 0 Å². The van der Waals surface area contributed by atoms with Crippen molar-refractivity contribution >= 4 is 11.5 Å². The van der Waals surface area contributed by atoms with Gasteiger partial charge in [0.25, 0.3) is 0 Å². The third-order valence-corrected chi connectivity index (χ3v) is 4.17. The molecular weight excluding hydrogens is 240 g/mol. The van der Waals surface area contributed by atoms with Crippen molar-refractivity contribution in [1.82, 2.24) is 9.88 Å². The van der Waals surface area contributed by atoms with Gasteiger partial charge in [-0.2, -0.15) is 0 Å². The first-order valence-electron chi connectivity index (χ1n) is 7.04. The molecule has 0 aromatic carbocycles. The molecule has 0 saturated carbocycles. The van der Waals surface area contributed by atoms with Gasteiger partial charge in [-0.1, -0.05) is 0 Å². The zero-order chi connectivity index (χ0) is 13.2. The monoisotopic (exact) mass is 262 g/mol. The van der Waals surface area contributed by atoms with Crippen molar-refractivity contribution in [3.05, 3.63) is 17.8 Å². The van der Waals surface area contributed by atoms with Crippen LogP contribution >= 0.6 is 0 Å². The van der Waals surface area contributed by atoms with E-state index in [1.165, 1.54) is 19.4 Å². The van der Waals surface area contributed by atoms with Crippen LogP contribution in [0, 0.1) is 6.92 Å². The Morgan fingerprint density at radius 2 is 2.47 bits per heavy atom. The molecule has 5 heteroatoms. The SMILES string of the molecule is Cc1ccnc(NCC2CN3CCCC3CO2)c1N. The Bertz CT molecular complexity index is 451. The molecule has 19 heavy (non-hydrogen) atoms. The number of nitrogen functional groups attached to an aromatic ring is 1. The molecule has 0 amide bonds. The summed E-state index contributed by atoms with van der Waals surface area (Å²) in [6, 6.07) is 2.57. The maximum absolute atomic E-state index is 6.01. The topological polar surface area (TPSA) is 63.4 Å². The Balaban J connectivity index is 1.56. The standard InChI is InChI=1S/C14H22N4O/c1-10-4-5-16-14(13(10)15)17-7-12-8-18-6-2-3-11(18)9-19-12/h4-5,11-12H,2-3,6-9,15H2,1H3,(H,16,17). The van der Waals surface area contributed by atoms with Crippen molar-refractivity contribution < 1.29 is 4.74 Å². The number of aromatic nitrogens is 1. The number of nitrogens with one attached hydrogen (secondary N) is 1. The van der Waals surface area contributed by atoms with Crippen molar-refractivity contribution in [2.75, 3.05) is 37.3 Å². The summed E-state index contributed by atoms with van der Waals surface area (Å²) in [6.07, 6.45) is 4.61. The van der Waals surface area contributed by atoms with E-state index in [0.29, 0.717) is 6.04 Å². The van der Waals surface area contributed by atoms with Crippen LogP contribution in [0.4, 0.5) is 11.5 Å². The molecular formula is C14H22N4O. The van der Waals surface area contributed by atoms with E-state index < -0.39 is 0 Å². The van der Waals surface area contributed by atoms with Gasteiger partial charge in [-0.05, 0) is 37.9 Å². The summed E-state index contributed by atoms with van der Waals surface area (Å²) < 4.78 is 5.91. The average Bonchev–Trinajstić information content (AvgIpc) is 2.88. The summed E-state index contributed by atoms with van der Waals surface area (Å²) in [7, 11) is 0. The lowest BCUT2D eigenvalue weighted by Gasteiger charge is -2.35. The first-order valence-corrected chi connectivity index (χ1v) is 7.04. The molecule has 104 valence electrons. The minimum Gasteiger partial charge on any atom is -0.396 e. The molecule has 3 rings (SSSR count). The van der Waals surface area contributed by atoms with Crippen molar-refractivity contribution in [3.8, 4) is 0 Å². The summed E-state index contributed by atoms with van der Waals surface area (Å²) in [5.41, 5.74) is 7.80. The molecule has 1 aromatic rings. The molecule has 2 fully saturated rings. The Labute approximate surface area is 114 Å². The normalized spacial score (nSPS) is 27.2. The molecule has 2 aliphatic rings. The van der Waals surface area contributed by atoms with Gasteiger partial charge in [-0.25, -0.2) is 4.98 Å². The van der Waals surface area contributed by atoms with Crippen LogP contribution in [0.3, 0.4) is 0 Å². The molecule has 2 aliphatic heterocycles. The number of nitrogens with two attached hydrogens (primary N) is 1. The van der Waals surface area contributed by atoms with Gasteiger partial charge in [-0.3, -0.25) is 4.90 Å². The van der Waals surface area contributed by atoms with Gasteiger partial charge in [0.15, 0.2) is 0 Å². The van der Waals surface area contributed by atoms with Gasteiger partial charge in [0, 0.05) is 25.3 Å². The molecule has 0 spiro atoms. The van der Waals surface area contributed by atoms with Gasteiger partial charge in [0.05, 0.1) is 18.4 Å². The number of nitrogens with zero attached hydrogens (tertiary/aromatic N) is 2. The third-order valence-electron chi connectivity index (χ3n) is 4.17. The molecule has 3 heterocycles. The molecule has 0 bridgehead atoms. The number of aryl methyl sites for hydroxylation is 1.